The molecule has 7 nitrogen and oxygen atoms in total. The summed E-state index contributed by atoms with van der Waals surface area (Å²) in [6, 6.07) is 13.2. The highest BCUT2D eigenvalue weighted by Crippen LogP contribution is 2.35. The van der Waals surface area contributed by atoms with E-state index in [0.717, 1.165) is 24.8 Å². The van der Waals surface area contributed by atoms with Crippen LogP contribution in [0.1, 0.15) is 42.9 Å². The fraction of sp³-hybridized carbons (Fsp3) is 0.423. The molecule has 0 bridgehead atoms. The molecular weight excluding hydrogens is 437 g/mol. The van der Waals surface area contributed by atoms with Crippen molar-refractivity contribution in [1.82, 2.24) is 9.91 Å². The number of hydrogen-bond donors (Lipinski definition) is 0. The number of benzene rings is 2. The first kappa shape index (κ1) is 23.9. The summed E-state index contributed by atoms with van der Waals surface area (Å²) in [5.74, 6) is -0.148. The zero-order chi connectivity index (χ0) is 24.1. The molecule has 1 atom stereocenters. The lowest BCUT2D eigenvalue weighted by molar-refractivity contribution is -0.146. The number of methoxy groups -OCH3 is 2. The molecule has 1 fully saturated rings. The van der Waals surface area contributed by atoms with Crippen molar-refractivity contribution in [2.24, 2.45) is 11.0 Å². The Balaban J connectivity index is 1.62. The molecule has 34 heavy (non-hydrogen) atoms. The first-order chi connectivity index (χ1) is 16.5. The van der Waals surface area contributed by atoms with Crippen molar-refractivity contribution in [2.75, 3.05) is 33.9 Å². The lowest BCUT2D eigenvalue weighted by Gasteiger charge is -2.32. The maximum absolute atomic E-state index is 14.8. The van der Waals surface area contributed by atoms with Crippen LogP contribution in [0.5, 0.6) is 5.75 Å². The smallest absolute Gasteiger partial charge is 0.262 e. The van der Waals surface area contributed by atoms with E-state index < -0.39 is 11.9 Å². The van der Waals surface area contributed by atoms with Gasteiger partial charge in [0.1, 0.15) is 18.1 Å². The summed E-state index contributed by atoms with van der Waals surface area (Å²) in [4.78, 5) is 28.0. The van der Waals surface area contributed by atoms with E-state index >= 15 is 0 Å². The molecule has 4 rings (SSSR count). The van der Waals surface area contributed by atoms with E-state index in [1.54, 1.807) is 37.3 Å². The molecule has 0 spiro atoms. The second-order valence-corrected chi connectivity index (χ2v) is 8.64. The number of halogens is 1. The molecule has 180 valence electrons. The standard InChI is InChI=1S/C26H30FN3O4/c1-33-14-13-29(26(32)18-7-5-8-18)17-25(31)30-24(21-11-3-4-12-22(21)27)16-23(28-30)19-9-6-10-20(15-19)34-2/h3-4,6,9-12,15,18,24H,5,7-8,13-14,16-17H2,1-2H3/t24-/m1/s1. The molecule has 2 aromatic rings. The second kappa shape index (κ2) is 10.8. The molecule has 0 N–H and O–H groups in total. The summed E-state index contributed by atoms with van der Waals surface area (Å²) in [5.41, 5.74) is 1.86. The van der Waals surface area contributed by atoms with Crippen molar-refractivity contribution < 1.29 is 23.5 Å². The van der Waals surface area contributed by atoms with Crippen LogP contribution in [0.2, 0.25) is 0 Å². The molecule has 0 unspecified atom stereocenters. The average Bonchev–Trinajstić information content (AvgIpc) is 3.26. The van der Waals surface area contributed by atoms with E-state index in [-0.39, 0.29) is 24.3 Å². The third kappa shape index (κ3) is 5.12. The predicted octanol–water partition coefficient (Wildman–Crippen LogP) is 3.79. The molecule has 1 saturated carbocycles. The fourth-order valence-electron chi connectivity index (χ4n) is 4.32. The van der Waals surface area contributed by atoms with Crippen LogP contribution in [0.15, 0.2) is 53.6 Å². The van der Waals surface area contributed by atoms with E-state index in [0.29, 0.717) is 36.6 Å². The van der Waals surface area contributed by atoms with Crippen molar-refractivity contribution in [3.05, 3.63) is 65.5 Å². The maximum Gasteiger partial charge on any atom is 0.262 e. The number of ether oxygens (including phenoxy) is 2. The second-order valence-electron chi connectivity index (χ2n) is 8.64. The Hall–Kier alpha value is -3.26. The highest BCUT2D eigenvalue weighted by molar-refractivity contribution is 6.03. The number of carbonyl (C=O) groups excluding carboxylic acids is 2. The lowest BCUT2D eigenvalue weighted by Crippen LogP contribution is -2.46. The van der Waals surface area contributed by atoms with Gasteiger partial charge in [0, 0.05) is 37.1 Å². The molecule has 1 heterocycles. The maximum atomic E-state index is 14.8. The summed E-state index contributed by atoms with van der Waals surface area (Å²) >= 11 is 0. The Bertz CT molecular complexity index is 1070. The SMILES string of the molecule is COCCN(CC(=O)N1N=C(c2cccc(OC)c2)C[C@@H]1c1ccccc1F)C(=O)C1CCC1. The van der Waals surface area contributed by atoms with Crippen LogP contribution in [-0.2, 0) is 14.3 Å². The summed E-state index contributed by atoms with van der Waals surface area (Å²) in [6.07, 6.45) is 3.07. The summed E-state index contributed by atoms with van der Waals surface area (Å²) in [5, 5.41) is 5.95. The van der Waals surface area contributed by atoms with Gasteiger partial charge < -0.3 is 14.4 Å². The van der Waals surface area contributed by atoms with Gasteiger partial charge in [-0.25, -0.2) is 9.40 Å². The largest absolute Gasteiger partial charge is 0.497 e. The third-order valence-corrected chi connectivity index (χ3v) is 6.49. The minimum Gasteiger partial charge on any atom is -0.497 e. The fourth-order valence-corrected chi connectivity index (χ4v) is 4.32. The lowest BCUT2D eigenvalue weighted by atomic mass is 9.84. The van der Waals surface area contributed by atoms with Crippen LogP contribution >= 0.6 is 0 Å². The van der Waals surface area contributed by atoms with Gasteiger partial charge in [-0.05, 0) is 31.0 Å². The van der Waals surface area contributed by atoms with Gasteiger partial charge in [-0.15, -0.1) is 0 Å². The highest BCUT2D eigenvalue weighted by Gasteiger charge is 2.37. The monoisotopic (exact) mass is 467 g/mol. The van der Waals surface area contributed by atoms with Gasteiger partial charge in [-0.1, -0.05) is 36.8 Å². The van der Waals surface area contributed by atoms with Crippen LogP contribution in [0, 0.1) is 11.7 Å². The molecule has 8 heteroatoms. The van der Waals surface area contributed by atoms with Gasteiger partial charge in [-0.2, -0.15) is 5.10 Å². The Kier molecular flexibility index (Phi) is 7.57. The molecule has 2 aromatic carbocycles. The minimum atomic E-state index is -0.599. The van der Waals surface area contributed by atoms with Gasteiger partial charge in [0.25, 0.3) is 5.91 Å². The van der Waals surface area contributed by atoms with Crippen LogP contribution < -0.4 is 4.74 Å². The van der Waals surface area contributed by atoms with Crippen molar-refractivity contribution >= 4 is 17.5 Å². The molecule has 1 aliphatic heterocycles. The summed E-state index contributed by atoms with van der Waals surface area (Å²) < 4.78 is 25.2. The van der Waals surface area contributed by atoms with Crippen molar-refractivity contribution in [2.45, 2.75) is 31.7 Å². The molecule has 0 aromatic heterocycles. The number of amides is 2. The van der Waals surface area contributed by atoms with Gasteiger partial charge in [0.05, 0.1) is 25.5 Å². The Morgan fingerprint density at radius 3 is 2.62 bits per heavy atom. The number of carbonyl (C=O) groups is 2. The van der Waals surface area contributed by atoms with Gasteiger partial charge in [0.15, 0.2) is 0 Å². The quantitative estimate of drug-likeness (QED) is 0.563. The first-order valence-corrected chi connectivity index (χ1v) is 11.6. The number of rotatable bonds is 9. The van der Waals surface area contributed by atoms with Gasteiger partial charge >= 0.3 is 0 Å². The van der Waals surface area contributed by atoms with E-state index in [9.17, 15) is 14.0 Å². The van der Waals surface area contributed by atoms with Crippen molar-refractivity contribution in [3.8, 4) is 5.75 Å². The molecule has 0 radical (unpaired) electrons. The zero-order valence-corrected chi connectivity index (χ0v) is 19.6. The van der Waals surface area contributed by atoms with Crippen LogP contribution in [0.4, 0.5) is 4.39 Å². The van der Waals surface area contributed by atoms with E-state index in [4.69, 9.17) is 9.47 Å². The van der Waals surface area contributed by atoms with Gasteiger partial charge in [0.2, 0.25) is 5.91 Å². The molecular formula is C26H30FN3O4. The topological polar surface area (TPSA) is 71.4 Å². The number of hydrazone groups is 1. The van der Waals surface area contributed by atoms with Gasteiger partial charge in [-0.3, -0.25) is 9.59 Å². The van der Waals surface area contributed by atoms with E-state index in [1.165, 1.54) is 11.1 Å². The normalized spacial score (nSPS) is 17.8. The highest BCUT2D eigenvalue weighted by atomic mass is 19.1. The number of hydrogen-bond acceptors (Lipinski definition) is 5. The van der Waals surface area contributed by atoms with E-state index in [2.05, 4.69) is 5.10 Å². The van der Waals surface area contributed by atoms with E-state index in [1.807, 2.05) is 24.3 Å². The Morgan fingerprint density at radius 2 is 1.94 bits per heavy atom. The molecule has 2 aliphatic rings. The third-order valence-electron chi connectivity index (χ3n) is 6.49. The predicted molar refractivity (Wildman–Crippen MR) is 126 cm³/mol. The minimum absolute atomic E-state index is 0.0321. The molecule has 1 aliphatic carbocycles. The average molecular weight is 468 g/mol. The molecule has 2 amide bonds. The summed E-state index contributed by atoms with van der Waals surface area (Å²) in [7, 11) is 3.15. The van der Waals surface area contributed by atoms with Crippen LogP contribution in [-0.4, -0.2) is 61.4 Å². The van der Waals surface area contributed by atoms with Crippen LogP contribution in [0.3, 0.4) is 0 Å². The summed E-state index contributed by atoms with van der Waals surface area (Å²) in [6.45, 7) is 0.529. The first-order valence-electron chi connectivity index (χ1n) is 11.6. The number of nitrogens with zero attached hydrogens (tertiary/aromatic N) is 3. The zero-order valence-electron chi connectivity index (χ0n) is 19.6. The molecule has 0 saturated heterocycles. The van der Waals surface area contributed by atoms with Crippen molar-refractivity contribution in [1.29, 1.82) is 0 Å². The van der Waals surface area contributed by atoms with Crippen molar-refractivity contribution in [3.63, 3.8) is 0 Å². The van der Waals surface area contributed by atoms with Crippen LogP contribution in [0.25, 0.3) is 0 Å². The Morgan fingerprint density at radius 1 is 1.15 bits per heavy atom. The Labute approximate surface area is 199 Å².